The highest BCUT2D eigenvalue weighted by atomic mass is 79.9. The van der Waals surface area contributed by atoms with Gasteiger partial charge in [-0.1, -0.05) is 15.9 Å². The number of hydrogen-bond donors (Lipinski definition) is 1. The Kier molecular flexibility index (Phi) is 8.79. The van der Waals surface area contributed by atoms with Gasteiger partial charge in [-0.2, -0.15) is 0 Å². The van der Waals surface area contributed by atoms with E-state index in [1.54, 1.807) is 0 Å². The standard InChI is InChI=1S/C13H20BrNOS/c1-2-16-10-3-8-15-9-11-17-13-6-4-12(14)5-7-13/h4-7,15H,2-3,8-11H2,1H3. The highest BCUT2D eigenvalue weighted by Crippen LogP contribution is 2.19. The zero-order valence-corrected chi connectivity index (χ0v) is 12.6. The molecule has 0 radical (unpaired) electrons. The first-order chi connectivity index (χ1) is 8.33. The molecule has 0 aromatic heterocycles. The molecule has 17 heavy (non-hydrogen) atoms. The molecular weight excluding hydrogens is 298 g/mol. The van der Waals surface area contributed by atoms with Gasteiger partial charge in [0.25, 0.3) is 0 Å². The third kappa shape index (κ3) is 7.82. The lowest BCUT2D eigenvalue weighted by molar-refractivity contribution is 0.145. The van der Waals surface area contributed by atoms with E-state index < -0.39 is 0 Å². The molecule has 0 atom stereocenters. The van der Waals surface area contributed by atoms with Crippen LogP contribution in [0.2, 0.25) is 0 Å². The molecule has 1 aromatic carbocycles. The van der Waals surface area contributed by atoms with Crippen LogP contribution < -0.4 is 5.32 Å². The van der Waals surface area contributed by atoms with E-state index >= 15 is 0 Å². The van der Waals surface area contributed by atoms with E-state index in [-0.39, 0.29) is 0 Å². The van der Waals surface area contributed by atoms with Gasteiger partial charge in [0.2, 0.25) is 0 Å². The number of thioether (sulfide) groups is 1. The third-order valence-electron chi connectivity index (χ3n) is 2.21. The Bertz CT molecular complexity index is 292. The van der Waals surface area contributed by atoms with Gasteiger partial charge in [-0.15, -0.1) is 11.8 Å². The van der Waals surface area contributed by atoms with E-state index in [0.29, 0.717) is 0 Å². The molecule has 0 aliphatic heterocycles. The second kappa shape index (κ2) is 9.95. The predicted molar refractivity (Wildman–Crippen MR) is 78.8 cm³/mol. The summed E-state index contributed by atoms with van der Waals surface area (Å²) in [6.07, 6.45) is 1.09. The molecular formula is C13H20BrNOS. The number of benzene rings is 1. The molecule has 0 aliphatic rings. The molecule has 4 heteroatoms. The summed E-state index contributed by atoms with van der Waals surface area (Å²) in [6.45, 7) is 5.80. The van der Waals surface area contributed by atoms with Crippen LogP contribution in [0.25, 0.3) is 0 Å². The average molecular weight is 318 g/mol. The Morgan fingerprint density at radius 3 is 2.71 bits per heavy atom. The lowest BCUT2D eigenvalue weighted by atomic mass is 10.4. The van der Waals surface area contributed by atoms with Crippen LogP contribution in [-0.4, -0.2) is 32.1 Å². The minimum absolute atomic E-state index is 0.819. The van der Waals surface area contributed by atoms with Gasteiger partial charge in [0.15, 0.2) is 0 Å². The van der Waals surface area contributed by atoms with Crippen molar-refractivity contribution >= 4 is 27.7 Å². The van der Waals surface area contributed by atoms with E-state index in [9.17, 15) is 0 Å². The molecule has 0 aliphatic carbocycles. The fourth-order valence-electron chi connectivity index (χ4n) is 1.34. The van der Waals surface area contributed by atoms with E-state index in [1.165, 1.54) is 4.90 Å². The normalized spacial score (nSPS) is 10.7. The van der Waals surface area contributed by atoms with Crippen LogP contribution >= 0.6 is 27.7 Å². The molecule has 1 N–H and O–H groups in total. The summed E-state index contributed by atoms with van der Waals surface area (Å²) in [7, 11) is 0. The predicted octanol–water partition coefficient (Wildman–Crippen LogP) is 3.56. The topological polar surface area (TPSA) is 21.3 Å². The Morgan fingerprint density at radius 1 is 1.24 bits per heavy atom. The smallest absolute Gasteiger partial charge is 0.0477 e. The Labute approximate surface area is 117 Å². The first-order valence-electron chi connectivity index (χ1n) is 5.99. The van der Waals surface area contributed by atoms with E-state index in [0.717, 1.165) is 42.9 Å². The maximum atomic E-state index is 5.27. The van der Waals surface area contributed by atoms with Crippen LogP contribution in [0, 0.1) is 0 Å². The van der Waals surface area contributed by atoms with Gasteiger partial charge in [-0.3, -0.25) is 0 Å². The summed E-state index contributed by atoms with van der Waals surface area (Å²) in [5.41, 5.74) is 0. The summed E-state index contributed by atoms with van der Waals surface area (Å²) in [6, 6.07) is 8.45. The quantitative estimate of drug-likeness (QED) is 0.556. The fourth-order valence-corrected chi connectivity index (χ4v) is 2.42. The first-order valence-corrected chi connectivity index (χ1v) is 7.77. The van der Waals surface area contributed by atoms with Crippen LogP contribution in [0.15, 0.2) is 33.6 Å². The Hall–Kier alpha value is -0.0300. The summed E-state index contributed by atoms with van der Waals surface area (Å²) in [5.74, 6) is 1.11. The number of nitrogens with one attached hydrogen (secondary N) is 1. The minimum Gasteiger partial charge on any atom is -0.382 e. The second-order valence-corrected chi connectivity index (χ2v) is 5.69. The second-order valence-electron chi connectivity index (χ2n) is 3.60. The molecule has 0 bridgehead atoms. The number of hydrogen-bond acceptors (Lipinski definition) is 3. The van der Waals surface area contributed by atoms with Gasteiger partial charge in [0, 0.05) is 34.9 Å². The van der Waals surface area contributed by atoms with Crippen molar-refractivity contribution in [2.45, 2.75) is 18.2 Å². The molecule has 0 spiro atoms. The zero-order chi connectivity index (χ0) is 12.3. The van der Waals surface area contributed by atoms with Gasteiger partial charge in [0.1, 0.15) is 0 Å². The van der Waals surface area contributed by atoms with Crippen molar-refractivity contribution in [1.29, 1.82) is 0 Å². The summed E-state index contributed by atoms with van der Waals surface area (Å²) < 4.78 is 6.41. The van der Waals surface area contributed by atoms with E-state index in [4.69, 9.17) is 4.74 Å². The van der Waals surface area contributed by atoms with Crippen molar-refractivity contribution < 1.29 is 4.74 Å². The van der Waals surface area contributed by atoms with Crippen LogP contribution in [0.4, 0.5) is 0 Å². The van der Waals surface area contributed by atoms with Gasteiger partial charge < -0.3 is 10.1 Å². The van der Waals surface area contributed by atoms with Gasteiger partial charge >= 0.3 is 0 Å². The lowest BCUT2D eigenvalue weighted by Gasteiger charge is -2.05. The van der Waals surface area contributed by atoms with Crippen molar-refractivity contribution in [2.24, 2.45) is 0 Å². The van der Waals surface area contributed by atoms with Crippen LogP contribution in [0.5, 0.6) is 0 Å². The molecule has 0 saturated heterocycles. The molecule has 96 valence electrons. The first kappa shape index (κ1) is 15.0. The molecule has 0 fully saturated rings. The third-order valence-corrected chi connectivity index (χ3v) is 3.75. The molecule has 0 unspecified atom stereocenters. The van der Waals surface area contributed by atoms with Gasteiger partial charge in [-0.25, -0.2) is 0 Å². The van der Waals surface area contributed by atoms with Crippen molar-refractivity contribution in [3.05, 3.63) is 28.7 Å². The zero-order valence-electron chi connectivity index (χ0n) is 10.2. The minimum atomic E-state index is 0.819. The van der Waals surface area contributed by atoms with E-state index in [1.807, 2.05) is 18.7 Å². The van der Waals surface area contributed by atoms with Crippen molar-refractivity contribution in [2.75, 3.05) is 32.1 Å². The van der Waals surface area contributed by atoms with E-state index in [2.05, 4.69) is 45.5 Å². The van der Waals surface area contributed by atoms with Crippen LogP contribution in [-0.2, 0) is 4.74 Å². The molecule has 0 amide bonds. The van der Waals surface area contributed by atoms with Crippen molar-refractivity contribution in [1.82, 2.24) is 5.32 Å². The maximum Gasteiger partial charge on any atom is 0.0477 e. The van der Waals surface area contributed by atoms with Gasteiger partial charge in [0.05, 0.1) is 0 Å². The Morgan fingerprint density at radius 2 is 2.00 bits per heavy atom. The molecule has 2 nitrogen and oxygen atoms in total. The summed E-state index contributed by atoms with van der Waals surface area (Å²) in [5, 5.41) is 3.42. The highest BCUT2D eigenvalue weighted by molar-refractivity contribution is 9.10. The molecule has 0 heterocycles. The van der Waals surface area contributed by atoms with Crippen molar-refractivity contribution in [3.8, 4) is 0 Å². The highest BCUT2D eigenvalue weighted by Gasteiger charge is 1.94. The van der Waals surface area contributed by atoms with Crippen molar-refractivity contribution in [3.63, 3.8) is 0 Å². The van der Waals surface area contributed by atoms with Gasteiger partial charge in [-0.05, 0) is 44.2 Å². The SMILES string of the molecule is CCOCCCNCCSc1ccc(Br)cc1. The largest absolute Gasteiger partial charge is 0.382 e. The Balaban J connectivity index is 1.95. The number of halogens is 1. The van der Waals surface area contributed by atoms with Crippen LogP contribution in [0.3, 0.4) is 0 Å². The summed E-state index contributed by atoms with van der Waals surface area (Å²) >= 11 is 5.32. The van der Waals surface area contributed by atoms with Crippen LogP contribution in [0.1, 0.15) is 13.3 Å². The summed E-state index contributed by atoms with van der Waals surface area (Å²) in [4.78, 5) is 1.32. The molecule has 1 rings (SSSR count). The lowest BCUT2D eigenvalue weighted by Crippen LogP contribution is -2.19. The monoisotopic (exact) mass is 317 g/mol. The number of rotatable bonds is 9. The fraction of sp³-hybridized carbons (Fsp3) is 0.538. The average Bonchev–Trinajstić information content (AvgIpc) is 2.35. The maximum absolute atomic E-state index is 5.27. The number of ether oxygens (including phenoxy) is 1. The molecule has 0 saturated carbocycles. The molecule has 1 aromatic rings.